The van der Waals surface area contributed by atoms with Crippen molar-refractivity contribution >= 4 is 8.58 Å². The molecule has 3 N–H and O–H groups in total. The topological polar surface area (TPSA) is 60.7 Å². The summed E-state index contributed by atoms with van der Waals surface area (Å²) in [6, 6.07) is 0. The number of hydrogen-bond donors (Lipinski definition) is 3. The normalized spacial score (nSPS) is 13.3. The number of aliphatic hydroxyl groups is 3. The highest BCUT2D eigenvalue weighted by molar-refractivity contribution is 7.38. The first kappa shape index (κ1) is 25.3. The number of hydrogen-bond acceptors (Lipinski definition) is 3. The molecule has 0 fully saturated rings. The highest BCUT2D eigenvalue weighted by atomic mass is 31.1. The predicted molar refractivity (Wildman–Crippen MR) is 113 cm³/mol. The van der Waals surface area contributed by atoms with Crippen molar-refractivity contribution in [3.05, 3.63) is 0 Å². The van der Waals surface area contributed by atoms with E-state index in [4.69, 9.17) is 10.2 Å². The Morgan fingerprint density at radius 3 is 1.28 bits per heavy atom. The first-order valence-corrected chi connectivity index (χ1v) is 12.7. The lowest BCUT2D eigenvalue weighted by Crippen LogP contribution is -2.27. The molecule has 4 heteroatoms. The van der Waals surface area contributed by atoms with Gasteiger partial charge in [-0.25, -0.2) is 0 Å². The summed E-state index contributed by atoms with van der Waals surface area (Å²) in [6.07, 6.45) is 21.5. The zero-order valence-electron chi connectivity index (χ0n) is 16.8. The molecule has 2 atom stereocenters. The van der Waals surface area contributed by atoms with Crippen molar-refractivity contribution in [2.24, 2.45) is 0 Å². The lowest BCUT2D eigenvalue weighted by molar-refractivity contribution is -0.112. The summed E-state index contributed by atoms with van der Waals surface area (Å²) in [6.45, 7) is 2.28. The molecule has 2 unspecified atom stereocenters. The van der Waals surface area contributed by atoms with Gasteiger partial charge in [-0.05, 0) is 21.4 Å². The zero-order chi connectivity index (χ0) is 18.6. The van der Waals surface area contributed by atoms with Crippen molar-refractivity contribution in [3.63, 3.8) is 0 Å². The van der Waals surface area contributed by atoms with Gasteiger partial charge >= 0.3 is 0 Å². The third-order valence-corrected chi connectivity index (χ3v) is 6.65. The third-order valence-electron chi connectivity index (χ3n) is 5.01. The first-order valence-electron chi connectivity index (χ1n) is 11.0. The van der Waals surface area contributed by atoms with Crippen LogP contribution in [0.4, 0.5) is 0 Å². The molecule has 3 nitrogen and oxygen atoms in total. The quantitative estimate of drug-likeness (QED) is 0.153. The van der Waals surface area contributed by atoms with Gasteiger partial charge in [0.05, 0.1) is 12.3 Å². The lowest BCUT2D eigenvalue weighted by Gasteiger charge is -2.08. The molecule has 25 heavy (non-hydrogen) atoms. The van der Waals surface area contributed by atoms with Crippen LogP contribution in [0.5, 0.6) is 0 Å². The summed E-state index contributed by atoms with van der Waals surface area (Å²) >= 11 is 0. The van der Waals surface area contributed by atoms with Crippen molar-refractivity contribution in [1.82, 2.24) is 0 Å². The van der Waals surface area contributed by atoms with Crippen LogP contribution in [0.3, 0.4) is 0 Å². The minimum atomic E-state index is -1.56. The molecule has 0 bridgehead atoms. The van der Waals surface area contributed by atoms with E-state index in [2.05, 4.69) is 6.92 Å². The van der Waals surface area contributed by atoms with Gasteiger partial charge in [0.2, 0.25) is 0 Å². The van der Waals surface area contributed by atoms with E-state index in [0.717, 1.165) is 0 Å². The van der Waals surface area contributed by atoms with E-state index >= 15 is 0 Å². The molecule has 0 aliphatic carbocycles. The minimum absolute atomic E-state index is 0.166. The van der Waals surface area contributed by atoms with Gasteiger partial charge in [-0.15, -0.1) is 0 Å². The average molecular weight is 378 g/mol. The summed E-state index contributed by atoms with van der Waals surface area (Å²) in [4.78, 5) is 0. The van der Waals surface area contributed by atoms with Gasteiger partial charge in [0.25, 0.3) is 0 Å². The highest BCUT2D eigenvalue weighted by Crippen LogP contribution is 2.17. The number of rotatable bonds is 20. The van der Waals surface area contributed by atoms with Crippen LogP contribution >= 0.6 is 8.58 Å². The van der Waals surface area contributed by atoms with Crippen LogP contribution in [0.15, 0.2) is 0 Å². The van der Waals surface area contributed by atoms with Crippen LogP contribution in [0.2, 0.25) is 0 Å². The Bertz CT molecular complexity index is 249. The smallest absolute Gasteiger partial charge is 0.181 e. The molecule has 0 aromatic rings. The molecule has 0 aromatic carbocycles. The van der Waals surface area contributed by atoms with Gasteiger partial charge in [0.15, 0.2) is 6.29 Å². The molecule has 0 aromatic heterocycles. The largest absolute Gasteiger partial charge is 0.384 e. The Balaban J connectivity index is 3.03. The molecule has 0 amide bonds. The van der Waals surface area contributed by atoms with Crippen LogP contribution in [0, 0.1) is 0 Å². The Morgan fingerprint density at radius 2 is 0.920 bits per heavy atom. The number of aliphatic hydroxyl groups excluding tert-OH is 2. The monoisotopic (exact) mass is 377 g/mol. The number of unbranched alkanes of at least 4 members (excludes halogenated alkanes) is 15. The van der Waals surface area contributed by atoms with Gasteiger partial charge in [-0.3, -0.25) is 0 Å². The fraction of sp³-hybridized carbons (Fsp3) is 1.00. The zero-order valence-corrected chi connectivity index (χ0v) is 18.0. The van der Waals surface area contributed by atoms with Gasteiger partial charge in [0.1, 0.15) is 6.10 Å². The van der Waals surface area contributed by atoms with E-state index in [1.165, 1.54) is 109 Å². The Morgan fingerprint density at radius 1 is 0.560 bits per heavy atom. The molecule has 0 heterocycles. The molecular weight excluding hydrogens is 331 g/mol. The third kappa shape index (κ3) is 20.5. The average Bonchev–Trinajstić information content (AvgIpc) is 2.60. The van der Waals surface area contributed by atoms with E-state index in [-0.39, 0.29) is 8.58 Å². The van der Waals surface area contributed by atoms with Crippen LogP contribution < -0.4 is 0 Å². The van der Waals surface area contributed by atoms with Crippen molar-refractivity contribution < 1.29 is 15.3 Å². The van der Waals surface area contributed by atoms with Gasteiger partial charge in [-0.1, -0.05) is 96.8 Å². The van der Waals surface area contributed by atoms with Gasteiger partial charge < -0.3 is 15.3 Å². The lowest BCUT2D eigenvalue weighted by atomic mass is 10.0. The van der Waals surface area contributed by atoms with Crippen LogP contribution in [-0.2, 0) is 0 Å². The van der Waals surface area contributed by atoms with E-state index < -0.39 is 12.4 Å². The van der Waals surface area contributed by atoms with Crippen LogP contribution in [-0.4, -0.2) is 40.0 Å². The molecule has 0 rings (SSSR count). The first-order chi connectivity index (χ1) is 12.2. The molecular formula is C21H46O3P+. The molecule has 0 aliphatic heterocycles. The van der Waals surface area contributed by atoms with Crippen LogP contribution in [0.1, 0.15) is 110 Å². The molecule has 152 valence electrons. The second-order valence-electron chi connectivity index (χ2n) is 7.60. The van der Waals surface area contributed by atoms with Crippen molar-refractivity contribution in [3.8, 4) is 0 Å². The summed E-state index contributed by atoms with van der Waals surface area (Å²) in [5.74, 6) is 0. The summed E-state index contributed by atoms with van der Waals surface area (Å²) in [5, 5.41) is 26.8. The van der Waals surface area contributed by atoms with E-state index in [1.54, 1.807) is 0 Å². The molecule has 0 saturated heterocycles. The van der Waals surface area contributed by atoms with Crippen LogP contribution in [0.25, 0.3) is 0 Å². The second kappa shape index (κ2) is 20.6. The molecule has 0 radical (unpaired) electrons. The fourth-order valence-electron chi connectivity index (χ4n) is 3.25. The van der Waals surface area contributed by atoms with Gasteiger partial charge in [0, 0.05) is 0 Å². The Kier molecular flexibility index (Phi) is 20.9. The maximum Gasteiger partial charge on any atom is 0.181 e. The predicted octanol–water partition coefficient (Wildman–Crippen LogP) is 5.33. The SMILES string of the molecule is CCCCCCCCCCCCCCCCCC[PH2+]CC(O)C(O)O. The second-order valence-corrected chi connectivity index (χ2v) is 9.22. The Labute approximate surface area is 158 Å². The van der Waals surface area contributed by atoms with Crippen molar-refractivity contribution in [2.75, 3.05) is 12.3 Å². The van der Waals surface area contributed by atoms with Gasteiger partial charge in [-0.2, -0.15) is 0 Å². The van der Waals surface area contributed by atoms with Crippen molar-refractivity contribution in [1.29, 1.82) is 0 Å². The summed E-state index contributed by atoms with van der Waals surface area (Å²) in [5.41, 5.74) is 0. The summed E-state index contributed by atoms with van der Waals surface area (Å²) < 4.78 is 0. The maximum absolute atomic E-state index is 9.28. The van der Waals surface area contributed by atoms with E-state index in [0.29, 0.717) is 6.16 Å². The maximum atomic E-state index is 9.28. The van der Waals surface area contributed by atoms with E-state index in [9.17, 15) is 5.11 Å². The fourth-order valence-corrected chi connectivity index (χ4v) is 4.65. The molecule has 0 aliphatic rings. The molecule has 0 saturated carbocycles. The summed E-state index contributed by atoms with van der Waals surface area (Å²) in [7, 11) is 0.166. The Hall–Kier alpha value is 0.310. The minimum Gasteiger partial charge on any atom is -0.384 e. The van der Waals surface area contributed by atoms with E-state index in [1.807, 2.05) is 0 Å². The highest BCUT2D eigenvalue weighted by Gasteiger charge is 2.14. The standard InChI is InChI=1S/C21H45O3P/c1-2-3-4-5-6-7-8-9-10-11-12-13-14-15-16-17-18-25-19-20(22)21(23)24/h20-25H,2-19H2,1H3/p+1. The van der Waals surface area contributed by atoms with Crippen molar-refractivity contribution in [2.45, 2.75) is 122 Å². The molecule has 0 spiro atoms.